The minimum Gasteiger partial charge on any atom is -0.313 e. The summed E-state index contributed by atoms with van der Waals surface area (Å²) in [5.74, 6) is 0.604. The molecule has 0 aliphatic heterocycles. The summed E-state index contributed by atoms with van der Waals surface area (Å²) in [5, 5.41) is 6.91. The lowest BCUT2D eigenvalue weighted by molar-refractivity contribution is 0.555. The fourth-order valence-corrected chi connectivity index (χ4v) is 1.91. The van der Waals surface area contributed by atoms with E-state index in [1.165, 1.54) is 16.7 Å². The van der Waals surface area contributed by atoms with Crippen LogP contribution in [-0.2, 0) is 6.54 Å². The number of benzene rings is 1. The van der Waals surface area contributed by atoms with Crippen LogP contribution >= 0.6 is 0 Å². The van der Waals surface area contributed by atoms with Crippen LogP contribution < -0.4 is 10.6 Å². The number of rotatable bonds is 7. The maximum atomic E-state index is 3.50. The first kappa shape index (κ1) is 15.2. The van der Waals surface area contributed by atoms with Crippen LogP contribution in [0.25, 0.3) is 0 Å². The molecular weight excluding hydrogens is 220 g/mol. The Balaban J connectivity index is 2.43. The Labute approximate surface area is 112 Å². The molecule has 0 amide bonds. The molecule has 0 atom stereocenters. The third kappa shape index (κ3) is 5.19. The number of hydrogen-bond acceptors (Lipinski definition) is 2. The highest BCUT2D eigenvalue weighted by Gasteiger charge is 2.03. The third-order valence-corrected chi connectivity index (χ3v) is 3.21. The molecule has 0 saturated heterocycles. The molecule has 0 aliphatic carbocycles. The number of nitrogens with one attached hydrogen (secondary N) is 2. The number of aryl methyl sites for hydroxylation is 1. The van der Waals surface area contributed by atoms with Gasteiger partial charge in [0.05, 0.1) is 0 Å². The molecule has 0 spiro atoms. The first-order valence-electron chi connectivity index (χ1n) is 7.04. The lowest BCUT2D eigenvalue weighted by Crippen LogP contribution is -2.31. The molecule has 0 fully saturated rings. The zero-order valence-electron chi connectivity index (χ0n) is 12.5. The van der Waals surface area contributed by atoms with Gasteiger partial charge in [0, 0.05) is 25.7 Å². The largest absolute Gasteiger partial charge is 0.313 e. The standard InChI is InChI=1S/C16H28N2/c1-12(2)15-7-6-14(5)16(10-15)11-17-8-9-18-13(3)4/h6-7,10,12-13,17-18H,8-9,11H2,1-5H3. The van der Waals surface area contributed by atoms with Gasteiger partial charge in [0.1, 0.15) is 0 Å². The Bertz CT molecular complexity index is 356. The van der Waals surface area contributed by atoms with Crippen molar-refractivity contribution in [3.63, 3.8) is 0 Å². The molecule has 0 aromatic heterocycles. The van der Waals surface area contributed by atoms with Gasteiger partial charge in [0.25, 0.3) is 0 Å². The molecule has 2 nitrogen and oxygen atoms in total. The van der Waals surface area contributed by atoms with Gasteiger partial charge in [-0.05, 0) is 29.5 Å². The Hall–Kier alpha value is -0.860. The summed E-state index contributed by atoms with van der Waals surface area (Å²) >= 11 is 0. The van der Waals surface area contributed by atoms with E-state index < -0.39 is 0 Å². The van der Waals surface area contributed by atoms with Crippen molar-refractivity contribution >= 4 is 0 Å². The third-order valence-electron chi connectivity index (χ3n) is 3.21. The highest BCUT2D eigenvalue weighted by molar-refractivity contribution is 5.32. The topological polar surface area (TPSA) is 24.1 Å². The lowest BCUT2D eigenvalue weighted by atomic mass is 9.98. The SMILES string of the molecule is Cc1ccc(C(C)C)cc1CNCCNC(C)C. The molecule has 18 heavy (non-hydrogen) atoms. The van der Waals surface area contributed by atoms with E-state index in [0.29, 0.717) is 12.0 Å². The molecular formula is C16H28N2. The van der Waals surface area contributed by atoms with Crippen LogP contribution in [0, 0.1) is 6.92 Å². The normalized spacial score (nSPS) is 11.5. The van der Waals surface area contributed by atoms with Crippen LogP contribution in [0.3, 0.4) is 0 Å². The minimum absolute atomic E-state index is 0.567. The minimum atomic E-state index is 0.567. The Kier molecular flexibility index (Phi) is 6.37. The second-order valence-electron chi connectivity index (χ2n) is 5.63. The molecule has 0 aliphatic rings. The summed E-state index contributed by atoms with van der Waals surface area (Å²) in [6.45, 7) is 14.0. The summed E-state index contributed by atoms with van der Waals surface area (Å²) in [5.41, 5.74) is 4.23. The molecule has 1 rings (SSSR count). The van der Waals surface area contributed by atoms with Crippen molar-refractivity contribution < 1.29 is 0 Å². The molecule has 2 N–H and O–H groups in total. The van der Waals surface area contributed by atoms with E-state index >= 15 is 0 Å². The van der Waals surface area contributed by atoms with E-state index in [1.807, 2.05) is 0 Å². The van der Waals surface area contributed by atoms with Crippen molar-refractivity contribution in [1.82, 2.24) is 10.6 Å². The molecule has 0 bridgehead atoms. The van der Waals surface area contributed by atoms with Crippen LogP contribution in [-0.4, -0.2) is 19.1 Å². The molecule has 1 aromatic carbocycles. The van der Waals surface area contributed by atoms with E-state index in [0.717, 1.165) is 19.6 Å². The van der Waals surface area contributed by atoms with Gasteiger partial charge in [0.15, 0.2) is 0 Å². The van der Waals surface area contributed by atoms with Crippen LogP contribution in [0.5, 0.6) is 0 Å². The lowest BCUT2D eigenvalue weighted by Gasteiger charge is -2.13. The Morgan fingerprint density at radius 2 is 1.78 bits per heavy atom. The molecule has 2 heteroatoms. The highest BCUT2D eigenvalue weighted by Crippen LogP contribution is 2.18. The fraction of sp³-hybridized carbons (Fsp3) is 0.625. The molecule has 0 unspecified atom stereocenters. The van der Waals surface area contributed by atoms with E-state index in [4.69, 9.17) is 0 Å². The second-order valence-corrected chi connectivity index (χ2v) is 5.63. The van der Waals surface area contributed by atoms with Gasteiger partial charge in [-0.25, -0.2) is 0 Å². The second kappa shape index (κ2) is 7.55. The monoisotopic (exact) mass is 248 g/mol. The van der Waals surface area contributed by atoms with E-state index in [2.05, 4.69) is 63.5 Å². The smallest absolute Gasteiger partial charge is 0.0208 e. The summed E-state index contributed by atoms with van der Waals surface area (Å²) in [7, 11) is 0. The van der Waals surface area contributed by atoms with Crippen molar-refractivity contribution in [2.45, 2.75) is 53.1 Å². The summed E-state index contributed by atoms with van der Waals surface area (Å²) in [6, 6.07) is 7.38. The molecule has 0 saturated carbocycles. The first-order chi connectivity index (χ1) is 8.50. The van der Waals surface area contributed by atoms with Gasteiger partial charge in [-0.2, -0.15) is 0 Å². The van der Waals surface area contributed by atoms with Crippen LogP contribution in [0.15, 0.2) is 18.2 Å². The zero-order chi connectivity index (χ0) is 13.5. The number of hydrogen-bond donors (Lipinski definition) is 2. The molecule has 102 valence electrons. The highest BCUT2D eigenvalue weighted by atomic mass is 15.0. The Morgan fingerprint density at radius 1 is 1.06 bits per heavy atom. The molecule has 0 radical (unpaired) electrons. The van der Waals surface area contributed by atoms with Crippen molar-refractivity contribution in [2.24, 2.45) is 0 Å². The zero-order valence-corrected chi connectivity index (χ0v) is 12.5. The first-order valence-corrected chi connectivity index (χ1v) is 7.04. The van der Waals surface area contributed by atoms with Crippen LogP contribution in [0.2, 0.25) is 0 Å². The summed E-state index contributed by atoms with van der Waals surface area (Å²) in [6.07, 6.45) is 0. The van der Waals surface area contributed by atoms with Gasteiger partial charge >= 0.3 is 0 Å². The predicted octanol–water partition coefficient (Wildman–Crippen LogP) is 3.21. The van der Waals surface area contributed by atoms with E-state index in [9.17, 15) is 0 Å². The van der Waals surface area contributed by atoms with E-state index in [1.54, 1.807) is 0 Å². The van der Waals surface area contributed by atoms with Gasteiger partial charge in [-0.15, -0.1) is 0 Å². The summed E-state index contributed by atoms with van der Waals surface area (Å²) in [4.78, 5) is 0. The Morgan fingerprint density at radius 3 is 2.39 bits per heavy atom. The van der Waals surface area contributed by atoms with Gasteiger partial charge < -0.3 is 10.6 Å². The molecule has 0 heterocycles. The van der Waals surface area contributed by atoms with Crippen molar-refractivity contribution in [3.8, 4) is 0 Å². The maximum absolute atomic E-state index is 3.50. The van der Waals surface area contributed by atoms with Gasteiger partial charge in [-0.3, -0.25) is 0 Å². The van der Waals surface area contributed by atoms with Gasteiger partial charge in [-0.1, -0.05) is 45.9 Å². The molecule has 1 aromatic rings. The van der Waals surface area contributed by atoms with Gasteiger partial charge in [0.2, 0.25) is 0 Å². The average Bonchev–Trinajstić information content (AvgIpc) is 2.30. The maximum Gasteiger partial charge on any atom is 0.0208 e. The van der Waals surface area contributed by atoms with Crippen molar-refractivity contribution in [2.75, 3.05) is 13.1 Å². The van der Waals surface area contributed by atoms with Crippen molar-refractivity contribution in [1.29, 1.82) is 0 Å². The summed E-state index contributed by atoms with van der Waals surface area (Å²) < 4.78 is 0. The quantitative estimate of drug-likeness (QED) is 0.724. The van der Waals surface area contributed by atoms with E-state index in [-0.39, 0.29) is 0 Å². The average molecular weight is 248 g/mol. The van der Waals surface area contributed by atoms with Crippen LogP contribution in [0.1, 0.15) is 50.3 Å². The van der Waals surface area contributed by atoms with Crippen LogP contribution in [0.4, 0.5) is 0 Å². The fourth-order valence-electron chi connectivity index (χ4n) is 1.91. The van der Waals surface area contributed by atoms with Crippen molar-refractivity contribution in [3.05, 3.63) is 34.9 Å². The predicted molar refractivity (Wildman–Crippen MR) is 80.1 cm³/mol.